The summed E-state index contributed by atoms with van der Waals surface area (Å²) < 4.78 is 9.81. The van der Waals surface area contributed by atoms with E-state index >= 15 is 0 Å². The minimum absolute atomic E-state index is 0.127. The number of nitrogens with one attached hydrogen (secondary N) is 4. The zero-order chi connectivity index (χ0) is 17.9. The second-order valence-corrected chi connectivity index (χ2v) is 5.47. The van der Waals surface area contributed by atoms with Crippen LogP contribution in [0.2, 0.25) is 0 Å². The maximum Gasteiger partial charge on any atom is 0.314 e. The summed E-state index contributed by atoms with van der Waals surface area (Å²) in [4.78, 5) is 22.8. The maximum absolute atomic E-state index is 11.4. The van der Waals surface area contributed by atoms with E-state index in [0.717, 1.165) is 38.5 Å². The zero-order valence-corrected chi connectivity index (χ0v) is 15.1. The number of hydrogen-bond acceptors (Lipinski definition) is 4. The van der Waals surface area contributed by atoms with Crippen LogP contribution >= 0.6 is 0 Å². The molecule has 0 aliphatic heterocycles. The van der Waals surface area contributed by atoms with Crippen molar-refractivity contribution in [2.24, 2.45) is 0 Å². The summed E-state index contributed by atoms with van der Waals surface area (Å²) in [6, 6.07) is -0.254. The van der Waals surface area contributed by atoms with E-state index in [1.54, 1.807) is 14.2 Å². The summed E-state index contributed by atoms with van der Waals surface area (Å²) in [5.74, 6) is 0. The van der Waals surface area contributed by atoms with E-state index in [4.69, 9.17) is 9.47 Å². The smallest absolute Gasteiger partial charge is 0.314 e. The Balaban J connectivity index is 3.24. The molecule has 142 valence electrons. The van der Waals surface area contributed by atoms with Crippen molar-refractivity contribution in [2.75, 3.05) is 53.6 Å². The van der Waals surface area contributed by atoms with Crippen molar-refractivity contribution < 1.29 is 19.1 Å². The van der Waals surface area contributed by atoms with Crippen molar-refractivity contribution in [2.45, 2.75) is 38.5 Å². The van der Waals surface area contributed by atoms with Crippen LogP contribution in [0.1, 0.15) is 38.5 Å². The highest BCUT2D eigenvalue weighted by Gasteiger charge is 2.00. The number of hydrogen-bond donors (Lipinski definition) is 4. The molecule has 0 aromatic heterocycles. The van der Waals surface area contributed by atoms with Crippen LogP contribution in [0.4, 0.5) is 9.59 Å². The maximum atomic E-state index is 11.4. The van der Waals surface area contributed by atoms with Crippen LogP contribution < -0.4 is 21.3 Å². The number of ether oxygens (including phenoxy) is 2. The molecule has 0 unspecified atom stereocenters. The number of methoxy groups -OCH3 is 2. The minimum atomic E-state index is -0.127. The molecule has 0 spiro atoms. The third-order valence-corrected chi connectivity index (χ3v) is 3.30. The molecule has 0 heterocycles. The Bertz CT molecular complexity index is 286. The molecule has 0 rings (SSSR count). The molecular weight excluding hydrogens is 312 g/mol. The fraction of sp³-hybridized carbons (Fsp3) is 0.875. The summed E-state index contributed by atoms with van der Waals surface area (Å²) in [7, 11) is 3.29. The SMILES string of the molecule is COCCCNC(=O)NCCCCCCNC(=O)NCCCOC. The van der Waals surface area contributed by atoms with Crippen molar-refractivity contribution in [1.82, 2.24) is 21.3 Å². The number of carbonyl (C=O) groups excluding carboxylic acids is 2. The molecule has 8 nitrogen and oxygen atoms in total. The van der Waals surface area contributed by atoms with Gasteiger partial charge in [0, 0.05) is 53.6 Å². The monoisotopic (exact) mass is 346 g/mol. The molecule has 4 amide bonds. The molecule has 8 heteroatoms. The van der Waals surface area contributed by atoms with E-state index in [0.29, 0.717) is 39.4 Å². The summed E-state index contributed by atoms with van der Waals surface area (Å²) in [5, 5.41) is 11.2. The first kappa shape index (κ1) is 22.5. The second kappa shape index (κ2) is 17.8. The van der Waals surface area contributed by atoms with Crippen LogP contribution in [-0.2, 0) is 9.47 Å². The molecule has 0 radical (unpaired) electrons. The van der Waals surface area contributed by atoms with Gasteiger partial charge in [0.15, 0.2) is 0 Å². The minimum Gasteiger partial charge on any atom is -0.385 e. The van der Waals surface area contributed by atoms with Crippen LogP contribution in [-0.4, -0.2) is 65.7 Å². The Kier molecular flexibility index (Phi) is 16.7. The quantitative estimate of drug-likeness (QED) is 0.335. The number of urea groups is 2. The third-order valence-electron chi connectivity index (χ3n) is 3.30. The summed E-state index contributed by atoms with van der Waals surface area (Å²) in [6.07, 6.45) is 5.57. The first-order valence-corrected chi connectivity index (χ1v) is 8.72. The van der Waals surface area contributed by atoms with Gasteiger partial charge in [-0.25, -0.2) is 9.59 Å². The Labute approximate surface area is 145 Å². The van der Waals surface area contributed by atoms with Gasteiger partial charge in [-0.15, -0.1) is 0 Å². The lowest BCUT2D eigenvalue weighted by Gasteiger charge is -2.08. The summed E-state index contributed by atoms with van der Waals surface area (Å²) >= 11 is 0. The highest BCUT2D eigenvalue weighted by Crippen LogP contribution is 1.97. The van der Waals surface area contributed by atoms with Gasteiger partial charge in [-0.2, -0.15) is 0 Å². The van der Waals surface area contributed by atoms with Crippen LogP contribution in [0.25, 0.3) is 0 Å². The number of amides is 4. The molecule has 0 aromatic rings. The van der Waals surface area contributed by atoms with Crippen LogP contribution in [0.3, 0.4) is 0 Å². The average molecular weight is 346 g/mol. The van der Waals surface area contributed by atoms with Crippen LogP contribution in [0.5, 0.6) is 0 Å². The van der Waals surface area contributed by atoms with Gasteiger partial charge in [0.05, 0.1) is 0 Å². The van der Waals surface area contributed by atoms with Gasteiger partial charge in [-0.05, 0) is 25.7 Å². The van der Waals surface area contributed by atoms with E-state index in [1.807, 2.05) is 0 Å². The lowest BCUT2D eigenvalue weighted by molar-refractivity contribution is 0.193. The molecule has 4 N–H and O–H groups in total. The van der Waals surface area contributed by atoms with E-state index in [9.17, 15) is 9.59 Å². The predicted molar refractivity (Wildman–Crippen MR) is 94.3 cm³/mol. The molecule has 0 atom stereocenters. The van der Waals surface area contributed by atoms with E-state index in [1.165, 1.54) is 0 Å². The predicted octanol–water partition coefficient (Wildman–Crippen LogP) is 1.22. The van der Waals surface area contributed by atoms with Crippen molar-refractivity contribution in [3.05, 3.63) is 0 Å². The molecule has 0 aliphatic rings. The largest absolute Gasteiger partial charge is 0.385 e. The highest BCUT2D eigenvalue weighted by atomic mass is 16.5. The van der Waals surface area contributed by atoms with E-state index in [-0.39, 0.29) is 12.1 Å². The van der Waals surface area contributed by atoms with E-state index in [2.05, 4.69) is 21.3 Å². The van der Waals surface area contributed by atoms with Gasteiger partial charge in [0.25, 0.3) is 0 Å². The first-order chi connectivity index (χ1) is 11.7. The number of carbonyl (C=O) groups is 2. The second-order valence-electron chi connectivity index (χ2n) is 5.47. The van der Waals surface area contributed by atoms with Crippen molar-refractivity contribution in [1.29, 1.82) is 0 Å². The molecule has 0 fully saturated rings. The fourth-order valence-corrected chi connectivity index (χ4v) is 1.97. The Morgan fingerprint density at radius 2 is 0.917 bits per heavy atom. The Morgan fingerprint density at radius 1 is 0.583 bits per heavy atom. The molecular formula is C16H34N4O4. The Morgan fingerprint density at radius 3 is 1.25 bits per heavy atom. The molecule has 0 saturated heterocycles. The van der Waals surface area contributed by atoms with E-state index < -0.39 is 0 Å². The van der Waals surface area contributed by atoms with Crippen LogP contribution in [0.15, 0.2) is 0 Å². The lowest BCUT2D eigenvalue weighted by atomic mass is 10.2. The molecule has 0 aliphatic carbocycles. The third kappa shape index (κ3) is 16.8. The molecule has 0 bridgehead atoms. The van der Waals surface area contributed by atoms with Crippen LogP contribution in [0, 0.1) is 0 Å². The lowest BCUT2D eigenvalue weighted by Crippen LogP contribution is -2.37. The fourth-order valence-electron chi connectivity index (χ4n) is 1.97. The molecule has 0 aromatic carbocycles. The topological polar surface area (TPSA) is 101 Å². The normalized spacial score (nSPS) is 10.2. The van der Waals surface area contributed by atoms with Crippen molar-refractivity contribution in [3.8, 4) is 0 Å². The van der Waals surface area contributed by atoms with Gasteiger partial charge < -0.3 is 30.7 Å². The first-order valence-electron chi connectivity index (χ1n) is 8.72. The standard InChI is InChI=1S/C16H34N4O4/c1-23-13-7-11-19-15(21)17-9-5-3-4-6-10-18-16(22)20-12-8-14-24-2/h3-14H2,1-2H3,(H2,17,19,21)(H2,18,20,22). The van der Waals surface area contributed by atoms with Gasteiger partial charge in [0.2, 0.25) is 0 Å². The van der Waals surface area contributed by atoms with Gasteiger partial charge in [0.1, 0.15) is 0 Å². The van der Waals surface area contributed by atoms with Gasteiger partial charge >= 0.3 is 12.1 Å². The summed E-state index contributed by atoms with van der Waals surface area (Å²) in [5.41, 5.74) is 0. The van der Waals surface area contributed by atoms with Gasteiger partial charge in [-0.3, -0.25) is 0 Å². The number of unbranched alkanes of at least 4 members (excludes halogenated alkanes) is 3. The number of rotatable bonds is 15. The van der Waals surface area contributed by atoms with Crippen molar-refractivity contribution in [3.63, 3.8) is 0 Å². The van der Waals surface area contributed by atoms with Gasteiger partial charge in [-0.1, -0.05) is 12.8 Å². The average Bonchev–Trinajstić information content (AvgIpc) is 2.58. The highest BCUT2D eigenvalue weighted by molar-refractivity contribution is 5.74. The summed E-state index contributed by atoms with van der Waals surface area (Å²) in [6.45, 7) is 3.89. The Hall–Kier alpha value is -1.54. The zero-order valence-electron chi connectivity index (χ0n) is 15.1. The molecule has 24 heavy (non-hydrogen) atoms. The molecule has 0 saturated carbocycles. The van der Waals surface area contributed by atoms with Crippen molar-refractivity contribution >= 4 is 12.1 Å².